The van der Waals surface area contributed by atoms with Crippen molar-refractivity contribution in [3.05, 3.63) is 0 Å². The van der Waals surface area contributed by atoms with Crippen LogP contribution in [0.4, 0.5) is 0 Å². The number of nitrogens with zero attached hydrogens (tertiary/aromatic N) is 2. The van der Waals surface area contributed by atoms with Crippen molar-refractivity contribution in [3.63, 3.8) is 0 Å². The van der Waals surface area contributed by atoms with Gasteiger partial charge in [-0.05, 0) is 33.4 Å². The Morgan fingerprint density at radius 2 is 2.00 bits per heavy atom. The highest BCUT2D eigenvalue weighted by Gasteiger charge is 2.23. The maximum Gasteiger partial charge on any atom is 0.185 e. The molecule has 14 heavy (non-hydrogen) atoms. The molecule has 1 rings (SSSR count). The van der Waals surface area contributed by atoms with E-state index in [2.05, 4.69) is 9.89 Å². The lowest BCUT2D eigenvalue weighted by molar-refractivity contribution is -0.120. The summed E-state index contributed by atoms with van der Waals surface area (Å²) in [6.07, 6.45) is 2.24. The summed E-state index contributed by atoms with van der Waals surface area (Å²) < 4.78 is 0. The third-order valence-corrected chi connectivity index (χ3v) is 2.25. The first kappa shape index (κ1) is 12.9. The van der Waals surface area contributed by atoms with Gasteiger partial charge in [-0.25, -0.2) is 0 Å². The molecule has 0 aromatic rings. The zero-order valence-corrected chi connectivity index (χ0v) is 9.16. The summed E-state index contributed by atoms with van der Waals surface area (Å²) in [5.74, 6) is 0.444. The normalized spacial score (nSPS) is 20.9. The average molecular weight is 200 g/mol. The molecule has 1 fully saturated rings. The van der Waals surface area contributed by atoms with Crippen LogP contribution in [0.25, 0.3) is 0 Å². The minimum atomic E-state index is 0.130. The first-order chi connectivity index (χ1) is 6.49. The summed E-state index contributed by atoms with van der Waals surface area (Å²) in [7, 11) is 3.55. The minimum Gasteiger partial charge on any atom is -0.370 e. The molecule has 0 radical (unpaired) electrons. The summed E-state index contributed by atoms with van der Waals surface area (Å²) in [5, 5.41) is 0. The van der Waals surface area contributed by atoms with Crippen LogP contribution in [0.15, 0.2) is 4.99 Å². The monoisotopic (exact) mass is 200 g/mol. The number of hydrogen-bond acceptors (Lipinski definition) is 3. The number of Topliss-reactive ketones (excluding diaryl/α,β-unsaturated/α-hetero) is 1. The van der Waals surface area contributed by atoms with Gasteiger partial charge in [0, 0.05) is 7.05 Å². The molecular weight excluding hydrogens is 180 g/mol. The number of ketones is 1. The molecule has 0 amide bonds. The van der Waals surface area contributed by atoms with E-state index in [9.17, 15) is 4.79 Å². The molecule has 1 unspecified atom stereocenters. The molecule has 1 heterocycles. The van der Waals surface area contributed by atoms with Crippen molar-refractivity contribution in [1.82, 2.24) is 4.90 Å². The Hall–Kier alpha value is -1.10. The fraction of sp³-hybridized carbons (Fsp3) is 0.778. The van der Waals surface area contributed by atoms with Crippen LogP contribution in [0.1, 0.15) is 19.8 Å². The first-order valence-electron chi connectivity index (χ1n) is 4.67. The molecule has 1 saturated heterocycles. The number of likely N-dealkylation sites (tertiary alicyclic amines) is 1. The molecule has 0 saturated carbocycles. The number of likely N-dealkylation sites (N-methyl/N-ethyl adjacent to an activating group) is 1. The summed E-state index contributed by atoms with van der Waals surface area (Å²) in [4.78, 5) is 16.3. The SMILES string of the molecule is CC(=O)C1CCCN1C.CN=C(N)N. The first-order valence-corrected chi connectivity index (χ1v) is 4.67. The second-order valence-electron chi connectivity index (χ2n) is 3.40. The molecule has 0 aliphatic carbocycles. The van der Waals surface area contributed by atoms with Crippen LogP contribution in [0, 0.1) is 0 Å². The molecule has 0 spiro atoms. The molecule has 1 aliphatic heterocycles. The van der Waals surface area contributed by atoms with Gasteiger partial charge in [-0.3, -0.25) is 14.7 Å². The Bertz CT molecular complexity index is 211. The Labute approximate surface area is 85.2 Å². The van der Waals surface area contributed by atoms with E-state index in [1.165, 1.54) is 13.5 Å². The van der Waals surface area contributed by atoms with Crippen LogP contribution >= 0.6 is 0 Å². The maximum atomic E-state index is 10.8. The molecular formula is C9H20N4O. The van der Waals surface area contributed by atoms with Crippen LogP contribution < -0.4 is 11.5 Å². The number of guanidine groups is 1. The number of carbonyl (C=O) groups excluding carboxylic acids is 1. The Morgan fingerprint density at radius 3 is 2.14 bits per heavy atom. The van der Waals surface area contributed by atoms with Crippen LogP contribution in [-0.2, 0) is 4.79 Å². The third kappa shape index (κ3) is 4.81. The molecule has 1 aliphatic rings. The molecule has 82 valence electrons. The average Bonchev–Trinajstić information content (AvgIpc) is 2.52. The molecule has 0 aromatic heterocycles. The number of aliphatic imine (C=N–C) groups is 1. The van der Waals surface area contributed by atoms with Gasteiger partial charge in [0.25, 0.3) is 0 Å². The van der Waals surface area contributed by atoms with Crippen molar-refractivity contribution in [1.29, 1.82) is 0 Å². The van der Waals surface area contributed by atoms with Crippen molar-refractivity contribution in [2.75, 3.05) is 20.6 Å². The van der Waals surface area contributed by atoms with Crippen LogP contribution in [0.3, 0.4) is 0 Å². The quantitative estimate of drug-likeness (QED) is 0.444. The third-order valence-electron chi connectivity index (χ3n) is 2.25. The number of rotatable bonds is 1. The van der Waals surface area contributed by atoms with Gasteiger partial charge < -0.3 is 11.5 Å². The summed E-state index contributed by atoms with van der Waals surface area (Å²) >= 11 is 0. The number of hydrogen-bond donors (Lipinski definition) is 2. The lowest BCUT2D eigenvalue weighted by atomic mass is 10.1. The van der Waals surface area contributed by atoms with E-state index in [0.29, 0.717) is 5.78 Å². The van der Waals surface area contributed by atoms with Crippen LogP contribution in [-0.4, -0.2) is 43.3 Å². The fourth-order valence-corrected chi connectivity index (χ4v) is 1.42. The minimum absolute atomic E-state index is 0.130. The summed E-state index contributed by atoms with van der Waals surface area (Å²) in [6, 6.07) is 0.227. The standard InChI is InChI=1S/C7H13NO.C2H7N3/c1-6(9)7-4-3-5-8(7)2;1-5-2(3)4/h7H,3-5H2,1-2H3;1H3,(H4,3,4,5). The van der Waals surface area contributed by atoms with E-state index in [-0.39, 0.29) is 12.0 Å². The summed E-state index contributed by atoms with van der Waals surface area (Å²) in [5.41, 5.74) is 9.64. The predicted molar refractivity (Wildman–Crippen MR) is 58.1 cm³/mol. The maximum absolute atomic E-state index is 10.8. The van der Waals surface area contributed by atoms with E-state index in [1.54, 1.807) is 6.92 Å². The van der Waals surface area contributed by atoms with E-state index >= 15 is 0 Å². The van der Waals surface area contributed by atoms with Crippen molar-refractivity contribution in [3.8, 4) is 0 Å². The smallest absolute Gasteiger partial charge is 0.185 e. The molecule has 1 atom stereocenters. The van der Waals surface area contributed by atoms with Crippen molar-refractivity contribution >= 4 is 11.7 Å². The van der Waals surface area contributed by atoms with Gasteiger partial charge in [-0.1, -0.05) is 0 Å². The zero-order chi connectivity index (χ0) is 11.1. The topological polar surface area (TPSA) is 84.7 Å². The van der Waals surface area contributed by atoms with E-state index < -0.39 is 0 Å². The fourth-order valence-electron chi connectivity index (χ4n) is 1.42. The van der Waals surface area contributed by atoms with Crippen LogP contribution in [0.2, 0.25) is 0 Å². The molecule has 4 N–H and O–H groups in total. The van der Waals surface area contributed by atoms with Gasteiger partial charge in [-0.15, -0.1) is 0 Å². The van der Waals surface area contributed by atoms with Crippen molar-refractivity contribution in [2.24, 2.45) is 16.5 Å². The molecule has 0 aromatic carbocycles. The van der Waals surface area contributed by atoms with E-state index in [1.807, 2.05) is 7.05 Å². The molecule has 5 nitrogen and oxygen atoms in total. The van der Waals surface area contributed by atoms with Gasteiger partial charge in [0.2, 0.25) is 0 Å². The Balaban J connectivity index is 0.000000292. The second kappa shape index (κ2) is 6.37. The van der Waals surface area contributed by atoms with Crippen molar-refractivity contribution < 1.29 is 4.79 Å². The number of carbonyl (C=O) groups is 1. The summed E-state index contributed by atoms with van der Waals surface area (Å²) in [6.45, 7) is 2.76. The van der Waals surface area contributed by atoms with Gasteiger partial charge >= 0.3 is 0 Å². The van der Waals surface area contributed by atoms with Gasteiger partial charge in [0.05, 0.1) is 6.04 Å². The Kier molecular flexibility index (Phi) is 5.87. The Morgan fingerprint density at radius 1 is 1.50 bits per heavy atom. The van der Waals surface area contributed by atoms with E-state index in [0.717, 1.165) is 13.0 Å². The highest BCUT2D eigenvalue weighted by Crippen LogP contribution is 2.14. The predicted octanol–water partition coefficient (Wildman–Crippen LogP) is -0.441. The zero-order valence-electron chi connectivity index (χ0n) is 9.16. The second-order valence-corrected chi connectivity index (χ2v) is 3.40. The van der Waals surface area contributed by atoms with Crippen molar-refractivity contribution in [2.45, 2.75) is 25.8 Å². The molecule has 5 heteroatoms. The largest absolute Gasteiger partial charge is 0.370 e. The van der Waals surface area contributed by atoms with E-state index in [4.69, 9.17) is 11.5 Å². The lowest BCUT2D eigenvalue weighted by Crippen LogP contribution is -2.30. The van der Waals surface area contributed by atoms with Gasteiger partial charge in [0.1, 0.15) is 5.78 Å². The van der Waals surface area contributed by atoms with Gasteiger partial charge in [0.15, 0.2) is 5.96 Å². The van der Waals surface area contributed by atoms with Crippen LogP contribution in [0.5, 0.6) is 0 Å². The highest BCUT2D eigenvalue weighted by atomic mass is 16.1. The molecule has 0 bridgehead atoms. The highest BCUT2D eigenvalue weighted by molar-refractivity contribution is 5.81. The van der Waals surface area contributed by atoms with Gasteiger partial charge in [-0.2, -0.15) is 0 Å². The lowest BCUT2D eigenvalue weighted by Gasteiger charge is -2.14. The number of nitrogens with two attached hydrogens (primary N) is 2.